The molecule has 1 atom stereocenters. The fourth-order valence-electron chi connectivity index (χ4n) is 4.27. The smallest absolute Gasteiger partial charge is 0.326 e. The van der Waals surface area contributed by atoms with Crippen LogP contribution in [0.5, 0.6) is 11.5 Å². The van der Waals surface area contributed by atoms with Crippen LogP contribution in [0.15, 0.2) is 89.1 Å². The van der Waals surface area contributed by atoms with E-state index < -0.39 is 6.04 Å². The summed E-state index contributed by atoms with van der Waals surface area (Å²) in [5.41, 5.74) is 3.80. The Morgan fingerprint density at radius 3 is 2.33 bits per heavy atom. The lowest BCUT2D eigenvalue weighted by Gasteiger charge is -2.35. The topological polar surface area (TPSA) is 89.7 Å². The second-order valence-corrected chi connectivity index (χ2v) is 8.21. The third-order valence-electron chi connectivity index (χ3n) is 6.03. The van der Waals surface area contributed by atoms with Gasteiger partial charge in [0.1, 0.15) is 11.5 Å². The van der Waals surface area contributed by atoms with Crippen LogP contribution >= 0.6 is 0 Å². The zero-order valence-electron chi connectivity index (χ0n) is 20.3. The lowest BCUT2D eigenvalue weighted by Crippen LogP contribution is -2.46. The molecule has 1 unspecified atom stereocenters. The summed E-state index contributed by atoms with van der Waals surface area (Å²) in [4.78, 5) is 19.7. The molecule has 0 fully saturated rings. The Morgan fingerprint density at radius 2 is 1.67 bits per heavy atom. The van der Waals surface area contributed by atoms with Gasteiger partial charge in [-0.3, -0.25) is 4.90 Å². The Hall–Kier alpha value is -4.59. The number of nitrogens with zero attached hydrogens (tertiary/aromatic N) is 3. The summed E-state index contributed by atoms with van der Waals surface area (Å²) in [6.45, 7) is 4.39. The highest BCUT2D eigenvalue weighted by Crippen LogP contribution is 2.39. The van der Waals surface area contributed by atoms with Crippen LogP contribution in [0.25, 0.3) is 17.0 Å². The Balaban J connectivity index is 1.61. The second-order valence-electron chi connectivity index (χ2n) is 8.21. The first kappa shape index (κ1) is 23.2. The van der Waals surface area contributed by atoms with Crippen molar-refractivity contribution in [3.8, 4) is 22.9 Å². The maximum Gasteiger partial charge on any atom is 0.326 e. The molecule has 1 aromatic heterocycles. The number of aromatic nitrogens is 2. The molecular formula is C28H26N4O4. The first-order valence-corrected chi connectivity index (χ1v) is 11.7. The largest absolute Gasteiger partial charge is 0.497 e. The summed E-state index contributed by atoms with van der Waals surface area (Å²) in [5.74, 6) is 2.28. The molecule has 0 radical (unpaired) electrons. The van der Waals surface area contributed by atoms with E-state index in [0.717, 1.165) is 16.9 Å². The molecule has 0 spiro atoms. The number of methoxy groups -OCH3 is 1. The van der Waals surface area contributed by atoms with Crippen LogP contribution in [-0.4, -0.2) is 29.9 Å². The van der Waals surface area contributed by atoms with Gasteiger partial charge in [0.2, 0.25) is 5.82 Å². The maximum absolute atomic E-state index is 13.4. The molecule has 36 heavy (non-hydrogen) atoms. The molecule has 3 aromatic carbocycles. The van der Waals surface area contributed by atoms with Crippen molar-refractivity contribution < 1.29 is 18.8 Å². The van der Waals surface area contributed by atoms with Crippen molar-refractivity contribution in [2.24, 2.45) is 0 Å². The van der Waals surface area contributed by atoms with Crippen molar-refractivity contribution in [3.63, 3.8) is 0 Å². The van der Waals surface area contributed by atoms with Crippen LogP contribution in [0.3, 0.4) is 0 Å². The lowest BCUT2D eigenvalue weighted by atomic mass is 9.94. The Morgan fingerprint density at radius 1 is 0.972 bits per heavy atom. The number of urea groups is 1. The van der Waals surface area contributed by atoms with E-state index in [1.54, 1.807) is 12.0 Å². The Labute approximate surface area is 209 Å². The van der Waals surface area contributed by atoms with Gasteiger partial charge in [-0.2, -0.15) is 4.98 Å². The number of hydrogen-bond acceptors (Lipinski definition) is 6. The number of anilines is 1. The molecule has 8 heteroatoms. The summed E-state index contributed by atoms with van der Waals surface area (Å²) in [6.07, 6.45) is 0. The molecule has 1 aliphatic rings. The average molecular weight is 483 g/mol. The van der Waals surface area contributed by atoms with E-state index in [2.05, 4.69) is 10.5 Å². The molecule has 0 saturated carbocycles. The highest BCUT2D eigenvalue weighted by Gasteiger charge is 2.36. The van der Waals surface area contributed by atoms with Crippen LogP contribution in [0.4, 0.5) is 10.5 Å². The molecule has 5 rings (SSSR count). The first-order chi connectivity index (χ1) is 17.6. The Bertz CT molecular complexity index is 1380. The van der Waals surface area contributed by atoms with Crippen molar-refractivity contribution in [2.45, 2.75) is 19.9 Å². The molecule has 8 nitrogen and oxygen atoms in total. The van der Waals surface area contributed by atoms with Gasteiger partial charge in [-0.15, -0.1) is 0 Å². The first-order valence-electron chi connectivity index (χ1n) is 11.7. The van der Waals surface area contributed by atoms with Gasteiger partial charge in [-0.1, -0.05) is 47.6 Å². The second kappa shape index (κ2) is 9.95. The van der Waals surface area contributed by atoms with E-state index in [0.29, 0.717) is 41.0 Å². The number of rotatable bonds is 7. The molecular weight excluding hydrogens is 456 g/mol. The normalized spacial score (nSPS) is 15.6. The maximum atomic E-state index is 13.4. The van der Waals surface area contributed by atoms with Gasteiger partial charge in [-0.25, -0.2) is 4.79 Å². The fourth-order valence-corrected chi connectivity index (χ4v) is 4.27. The molecule has 182 valence electrons. The fraction of sp³-hybridized carbons (Fsp3) is 0.179. The predicted octanol–water partition coefficient (Wildman–Crippen LogP) is 5.85. The van der Waals surface area contributed by atoms with Crippen LogP contribution in [0, 0.1) is 0 Å². The van der Waals surface area contributed by atoms with E-state index >= 15 is 0 Å². The third kappa shape index (κ3) is 4.40. The van der Waals surface area contributed by atoms with Crippen molar-refractivity contribution in [1.82, 2.24) is 15.5 Å². The van der Waals surface area contributed by atoms with Crippen LogP contribution in [0.1, 0.15) is 31.3 Å². The molecule has 4 aromatic rings. The van der Waals surface area contributed by atoms with Crippen molar-refractivity contribution in [1.29, 1.82) is 0 Å². The summed E-state index contributed by atoms with van der Waals surface area (Å²) >= 11 is 0. The van der Waals surface area contributed by atoms with Crippen LogP contribution in [-0.2, 0) is 0 Å². The number of carbonyl (C=O) groups excluding carboxylic acids is 1. The number of hydrogen-bond donors (Lipinski definition) is 1. The molecule has 0 aliphatic carbocycles. The van der Waals surface area contributed by atoms with E-state index in [1.807, 2.05) is 92.7 Å². The summed E-state index contributed by atoms with van der Waals surface area (Å²) in [5, 5.41) is 7.33. The average Bonchev–Trinajstić information content (AvgIpc) is 3.40. The van der Waals surface area contributed by atoms with E-state index in [1.165, 1.54) is 0 Å². The van der Waals surface area contributed by atoms with Gasteiger partial charge in [0, 0.05) is 11.3 Å². The molecule has 1 N–H and O–H groups in total. The molecule has 0 bridgehead atoms. The van der Waals surface area contributed by atoms with Gasteiger partial charge in [-0.05, 0) is 55.8 Å². The third-order valence-corrected chi connectivity index (χ3v) is 6.03. The van der Waals surface area contributed by atoms with Crippen molar-refractivity contribution in [2.75, 3.05) is 18.6 Å². The number of allylic oxidation sites excluding steroid dienone is 1. The summed E-state index contributed by atoms with van der Waals surface area (Å²) in [6, 6.07) is 23.8. The number of ether oxygens (including phenoxy) is 2. The van der Waals surface area contributed by atoms with Gasteiger partial charge < -0.3 is 19.3 Å². The van der Waals surface area contributed by atoms with E-state index in [4.69, 9.17) is 19.0 Å². The zero-order chi connectivity index (χ0) is 25.1. The van der Waals surface area contributed by atoms with Gasteiger partial charge in [0.25, 0.3) is 5.89 Å². The number of amides is 2. The number of benzene rings is 3. The summed E-state index contributed by atoms with van der Waals surface area (Å²) < 4.78 is 16.6. The van der Waals surface area contributed by atoms with Gasteiger partial charge >= 0.3 is 6.03 Å². The number of carbonyl (C=O) groups is 1. The monoisotopic (exact) mass is 482 g/mol. The van der Waals surface area contributed by atoms with E-state index in [-0.39, 0.29) is 6.03 Å². The number of nitrogens with one attached hydrogen (secondary N) is 1. The highest BCUT2D eigenvalue weighted by molar-refractivity contribution is 6.01. The van der Waals surface area contributed by atoms with Crippen molar-refractivity contribution in [3.05, 3.63) is 96.0 Å². The van der Waals surface area contributed by atoms with E-state index in [9.17, 15) is 4.79 Å². The predicted molar refractivity (Wildman–Crippen MR) is 137 cm³/mol. The molecule has 2 heterocycles. The Kier molecular flexibility index (Phi) is 6.40. The summed E-state index contributed by atoms with van der Waals surface area (Å²) in [7, 11) is 1.60. The van der Waals surface area contributed by atoms with Crippen molar-refractivity contribution >= 4 is 17.3 Å². The molecule has 1 aliphatic heterocycles. The zero-order valence-corrected chi connectivity index (χ0v) is 20.3. The standard InChI is InChI=1S/C28H26N4O4/c1-4-35-23-14-10-19(11-15-23)25-24(27-30-26(31-36-27)20-8-6-5-7-9-20)18(2)32(28(33)29-25)21-12-16-22(34-3)17-13-21/h5-17,25H,4H2,1-3H3,(H,29,33). The highest BCUT2D eigenvalue weighted by atomic mass is 16.5. The van der Waals surface area contributed by atoms with Gasteiger partial charge in [0.05, 0.1) is 31.0 Å². The van der Waals surface area contributed by atoms with Gasteiger partial charge in [0.15, 0.2) is 0 Å². The quantitative estimate of drug-likeness (QED) is 0.356. The van der Waals surface area contributed by atoms with Crippen LogP contribution < -0.4 is 19.7 Å². The lowest BCUT2D eigenvalue weighted by molar-refractivity contribution is 0.244. The molecule has 2 amide bonds. The SMILES string of the molecule is CCOc1ccc(C2NC(=O)N(c3ccc(OC)cc3)C(C)=C2c2nc(-c3ccccc3)no2)cc1. The molecule has 0 saturated heterocycles. The minimum atomic E-state index is -0.494. The van der Waals surface area contributed by atoms with Crippen LogP contribution in [0.2, 0.25) is 0 Å². The minimum absolute atomic E-state index is 0.261. The minimum Gasteiger partial charge on any atom is -0.497 e.